The van der Waals surface area contributed by atoms with Gasteiger partial charge in [0, 0.05) is 6.54 Å². The number of hydrogen-bond donors (Lipinski definition) is 1. The lowest BCUT2D eigenvalue weighted by Gasteiger charge is -1.99. The maximum Gasteiger partial charge on any atom is 0.160 e. The molecule has 0 aliphatic rings. The summed E-state index contributed by atoms with van der Waals surface area (Å²) in [6.07, 6.45) is 1.64. The predicted octanol–water partition coefficient (Wildman–Crippen LogP) is 1.73. The Morgan fingerprint density at radius 1 is 1.25 bits per heavy atom. The molecule has 3 nitrogen and oxygen atoms in total. The van der Waals surface area contributed by atoms with E-state index in [-0.39, 0.29) is 0 Å². The van der Waals surface area contributed by atoms with E-state index in [1.165, 1.54) is 0 Å². The fourth-order valence-corrected chi connectivity index (χ4v) is 1.39. The summed E-state index contributed by atoms with van der Waals surface area (Å²) in [6.45, 7) is 6.89. The lowest BCUT2D eigenvalue weighted by Crippen LogP contribution is -2.01. The second-order valence-electron chi connectivity index (χ2n) is 2.76. The fourth-order valence-electron chi connectivity index (χ4n) is 1.39. The van der Waals surface area contributed by atoms with E-state index in [4.69, 9.17) is 0 Å². The number of aryl methyl sites for hydroxylation is 2. The van der Waals surface area contributed by atoms with Crippen molar-refractivity contribution >= 4 is 0 Å². The predicted molar refractivity (Wildman–Crippen MR) is 48.3 cm³/mol. The minimum atomic E-state index is 0.391. The molecule has 3 heteroatoms. The summed E-state index contributed by atoms with van der Waals surface area (Å²) < 4.78 is 1.87. The first kappa shape index (κ1) is 9.10. The van der Waals surface area contributed by atoms with Gasteiger partial charge in [-0.1, -0.05) is 13.8 Å². The molecule has 1 rings (SSSR count). The fraction of sp³-hybridized carbons (Fsp3) is 0.667. The van der Waals surface area contributed by atoms with Gasteiger partial charge in [0.2, 0.25) is 0 Å². The highest BCUT2D eigenvalue weighted by atomic mass is 16.3. The van der Waals surface area contributed by atoms with Crippen LogP contribution in [-0.4, -0.2) is 14.9 Å². The highest BCUT2D eigenvalue weighted by molar-refractivity contribution is 5.32. The van der Waals surface area contributed by atoms with Gasteiger partial charge in [0.15, 0.2) is 5.75 Å². The molecule has 0 aliphatic heterocycles. The molecule has 0 atom stereocenters. The van der Waals surface area contributed by atoms with E-state index < -0.39 is 0 Å². The first-order valence-corrected chi connectivity index (χ1v) is 4.52. The smallest absolute Gasteiger partial charge is 0.160 e. The van der Waals surface area contributed by atoms with Crippen molar-refractivity contribution in [2.75, 3.05) is 0 Å². The zero-order chi connectivity index (χ0) is 9.14. The van der Waals surface area contributed by atoms with Crippen molar-refractivity contribution < 1.29 is 5.11 Å². The van der Waals surface area contributed by atoms with Crippen LogP contribution in [0.4, 0.5) is 0 Å². The van der Waals surface area contributed by atoms with Crippen molar-refractivity contribution in [1.82, 2.24) is 9.78 Å². The number of aromatic hydroxyl groups is 1. The average Bonchev–Trinajstić information content (AvgIpc) is 2.41. The summed E-state index contributed by atoms with van der Waals surface area (Å²) in [5.41, 5.74) is 1.77. The van der Waals surface area contributed by atoms with Gasteiger partial charge in [0.25, 0.3) is 0 Å². The second kappa shape index (κ2) is 3.61. The quantitative estimate of drug-likeness (QED) is 0.746. The molecule has 1 aromatic heterocycles. The number of aromatic nitrogens is 2. The van der Waals surface area contributed by atoms with Crippen LogP contribution in [0, 0.1) is 0 Å². The lowest BCUT2D eigenvalue weighted by molar-refractivity contribution is 0.460. The standard InChI is InChI=1S/C9H16N2O/c1-4-7-9(12)8(5-2)11(6-3)10-7/h12H,4-6H2,1-3H3. The summed E-state index contributed by atoms with van der Waals surface area (Å²) in [4.78, 5) is 0. The third kappa shape index (κ3) is 1.31. The van der Waals surface area contributed by atoms with Crippen LogP contribution in [0.5, 0.6) is 5.75 Å². The normalized spacial score (nSPS) is 10.6. The van der Waals surface area contributed by atoms with Gasteiger partial charge in [-0.2, -0.15) is 5.10 Å². The molecule has 0 bridgehead atoms. The third-order valence-electron chi connectivity index (χ3n) is 2.07. The van der Waals surface area contributed by atoms with Crippen molar-refractivity contribution in [3.8, 4) is 5.75 Å². The van der Waals surface area contributed by atoms with Crippen molar-refractivity contribution in [3.63, 3.8) is 0 Å². The summed E-state index contributed by atoms with van der Waals surface area (Å²) in [5.74, 6) is 0.391. The highest BCUT2D eigenvalue weighted by Gasteiger charge is 2.12. The Morgan fingerprint density at radius 2 is 1.92 bits per heavy atom. The van der Waals surface area contributed by atoms with Gasteiger partial charge in [-0.3, -0.25) is 4.68 Å². The van der Waals surface area contributed by atoms with Crippen molar-refractivity contribution in [1.29, 1.82) is 0 Å². The summed E-state index contributed by atoms with van der Waals surface area (Å²) in [6, 6.07) is 0. The molecule has 1 heterocycles. The Labute approximate surface area is 73.0 Å². The molecule has 68 valence electrons. The van der Waals surface area contributed by atoms with E-state index >= 15 is 0 Å². The number of nitrogens with zero attached hydrogens (tertiary/aromatic N) is 2. The molecule has 0 saturated carbocycles. The zero-order valence-electron chi connectivity index (χ0n) is 7.96. The highest BCUT2D eigenvalue weighted by Crippen LogP contribution is 2.22. The molecule has 0 fully saturated rings. The van der Waals surface area contributed by atoms with Crippen LogP contribution < -0.4 is 0 Å². The molecule has 0 aromatic carbocycles. The minimum Gasteiger partial charge on any atom is -0.504 e. The largest absolute Gasteiger partial charge is 0.504 e. The van der Waals surface area contributed by atoms with Gasteiger partial charge in [-0.25, -0.2) is 0 Å². The maximum absolute atomic E-state index is 9.66. The first-order chi connectivity index (χ1) is 5.74. The molecule has 0 saturated heterocycles. The van der Waals surface area contributed by atoms with E-state index in [0.29, 0.717) is 5.75 Å². The van der Waals surface area contributed by atoms with Gasteiger partial charge in [0.1, 0.15) is 5.69 Å². The summed E-state index contributed by atoms with van der Waals surface area (Å²) in [5, 5.41) is 13.9. The van der Waals surface area contributed by atoms with Gasteiger partial charge < -0.3 is 5.11 Å². The van der Waals surface area contributed by atoms with Crippen LogP contribution >= 0.6 is 0 Å². The molecular weight excluding hydrogens is 152 g/mol. The Morgan fingerprint density at radius 3 is 2.25 bits per heavy atom. The Balaban J connectivity index is 3.13. The molecule has 0 radical (unpaired) electrons. The Bertz CT molecular complexity index is 266. The van der Waals surface area contributed by atoms with Crippen LogP contribution in [-0.2, 0) is 19.4 Å². The van der Waals surface area contributed by atoms with E-state index in [1.54, 1.807) is 0 Å². The van der Waals surface area contributed by atoms with Crippen LogP contribution in [0.15, 0.2) is 0 Å². The minimum absolute atomic E-state index is 0.391. The molecule has 1 aromatic rings. The summed E-state index contributed by atoms with van der Waals surface area (Å²) in [7, 11) is 0. The molecule has 0 amide bonds. The zero-order valence-corrected chi connectivity index (χ0v) is 7.96. The van der Waals surface area contributed by atoms with Gasteiger partial charge in [0.05, 0.1) is 5.69 Å². The number of rotatable bonds is 3. The molecule has 1 N–H and O–H groups in total. The van der Waals surface area contributed by atoms with Crippen molar-refractivity contribution in [2.45, 2.75) is 40.2 Å². The average molecular weight is 168 g/mol. The SMILES string of the molecule is CCc1nn(CC)c(CC)c1O. The molecule has 0 spiro atoms. The molecular formula is C9H16N2O. The van der Waals surface area contributed by atoms with Gasteiger partial charge in [-0.05, 0) is 19.8 Å². The van der Waals surface area contributed by atoms with Crippen LogP contribution in [0.2, 0.25) is 0 Å². The maximum atomic E-state index is 9.66. The topological polar surface area (TPSA) is 38.0 Å². The number of hydrogen-bond acceptors (Lipinski definition) is 2. The van der Waals surface area contributed by atoms with Crippen LogP contribution in [0.1, 0.15) is 32.2 Å². The van der Waals surface area contributed by atoms with Crippen LogP contribution in [0.3, 0.4) is 0 Å². The van der Waals surface area contributed by atoms with E-state index in [1.807, 2.05) is 25.5 Å². The van der Waals surface area contributed by atoms with E-state index in [0.717, 1.165) is 30.8 Å². The monoisotopic (exact) mass is 168 g/mol. The molecule has 12 heavy (non-hydrogen) atoms. The molecule has 0 unspecified atom stereocenters. The lowest BCUT2D eigenvalue weighted by atomic mass is 10.2. The van der Waals surface area contributed by atoms with E-state index in [2.05, 4.69) is 5.10 Å². The summed E-state index contributed by atoms with van der Waals surface area (Å²) >= 11 is 0. The van der Waals surface area contributed by atoms with Gasteiger partial charge >= 0.3 is 0 Å². The van der Waals surface area contributed by atoms with Crippen molar-refractivity contribution in [3.05, 3.63) is 11.4 Å². The van der Waals surface area contributed by atoms with Crippen molar-refractivity contribution in [2.24, 2.45) is 0 Å². The van der Waals surface area contributed by atoms with Crippen LogP contribution in [0.25, 0.3) is 0 Å². The molecule has 0 aliphatic carbocycles. The second-order valence-corrected chi connectivity index (χ2v) is 2.76. The first-order valence-electron chi connectivity index (χ1n) is 4.52. The Hall–Kier alpha value is -0.990. The van der Waals surface area contributed by atoms with Gasteiger partial charge in [-0.15, -0.1) is 0 Å². The van der Waals surface area contributed by atoms with E-state index in [9.17, 15) is 5.11 Å². The Kier molecular flexibility index (Phi) is 2.74. The third-order valence-corrected chi connectivity index (χ3v) is 2.07.